The molecule has 2 N–H and O–H groups in total. The number of hydrogen-bond acceptors (Lipinski definition) is 5. The van der Waals surface area contributed by atoms with Crippen LogP contribution in [0.1, 0.15) is 34.5 Å². The maximum atomic E-state index is 12.9. The molecule has 9 nitrogen and oxygen atoms in total. The monoisotopic (exact) mass is 404 g/mol. The molecule has 0 aliphatic carbocycles. The van der Waals surface area contributed by atoms with Gasteiger partial charge >= 0.3 is 6.03 Å². The highest BCUT2D eigenvalue weighted by Gasteiger charge is 2.29. The first-order chi connectivity index (χ1) is 14.5. The minimum atomic E-state index is -0.448. The summed E-state index contributed by atoms with van der Waals surface area (Å²) < 4.78 is 1.65. The number of aromatic nitrogens is 3. The van der Waals surface area contributed by atoms with Crippen molar-refractivity contribution in [1.29, 1.82) is 0 Å². The average Bonchev–Trinajstić information content (AvgIpc) is 3.40. The fourth-order valence-corrected chi connectivity index (χ4v) is 3.28. The zero-order chi connectivity index (χ0) is 21.1. The largest absolute Gasteiger partial charge is 0.346 e. The van der Waals surface area contributed by atoms with E-state index in [0.29, 0.717) is 11.1 Å². The van der Waals surface area contributed by atoms with Crippen molar-refractivity contribution in [1.82, 2.24) is 30.3 Å². The third-order valence-electron chi connectivity index (χ3n) is 4.95. The van der Waals surface area contributed by atoms with Crippen LogP contribution in [-0.2, 0) is 11.3 Å². The van der Waals surface area contributed by atoms with Crippen LogP contribution in [0.25, 0.3) is 5.69 Å². The van der Waals surface area contributed by atoms with Crippen LogP contribution in [0.15, 0.2) is 61.2 Å². The molecule has 0 unspecified atom stereocenters. The van der Waals surface area contributed by atoms with Gasteiger partial charge in [0.25, 0.3) is 5.91 Å². The molecule has 152 valence electrons. The summed E-state index contributed by atoms with van der Waals surface area (Å²) in [7, 11) is 0. The zero-order valence-electron chi connectivity index (χ0n) is 16.3. The second-order valence-electron chi connectivity index (χ2n) is 6.92. The van der Waals surface area contributed by atoms with Crippen molar-refractivity contribution >= 4 is 17.8 Å². The van der Waals surface area contributed by atoms with Crippen LogP contribution in [-0.4, -0.2) is 44.1 Å². The molecule has 1 aliphatic heterocycles. The minimum Gasteiger partial charge on any atom is -0.346 e. The van der Waals surface area contributed by atoms with Crippen LogP contribution in [0.4, 0.5) is 4.79 Å². The van der Waals surface area contributed by atoms with Gasteiger partial charge < -0.3 is 10.6 Å². The predicted octanol–water partition coefficient (Wildman–Crippen LogP) is 1.81. The van der Waals surface area contributed by atoms with E-state index >= 15 is 0 Å². The molecule has 2 heterocycles. The van der Waals surface area contributed by atoms with Gasteiger partial charge in [0, 0.05) is 5.56 Å². The topological polar surface area (TPSA) is 109 Å². The van der Waals surface area contributed by atoms with Gasteiger partial charge in [-0.25, -0.2) is 14.5 Å². The fraction of sp³-hybridized carbons (Fsp3) is 0.190. The molecule has 1 aromatic heterocycles. The quantitative estimate of drug-likeness (QED) is 0.609. The molecule has 2 aromatic carbocycles. The molecule has 1 fully saturated rings. The Morgan fingerprint density at radius 1 is 1.17 bits per heavy atom. The lowest BCUT2D eigenvalue weighted by atomic mass is 10.0. The third kappa shape index (κ3) is 3.90. The predicted molar refractivity (Wildman–Crippen MR) is 108 cm³/mol. The smallest absolute Gasteiger partial charge is 0.324 e. The van der Waals surface area contributed by atoms with Crippen LogP contribution in [0, 0.1) is 0 Å². The molecule has 1 saturated heterocycles. The van der Waals surface area contributed by atoms with E-state index in [4.69, 9.17) is 0 Å². The van der Waals surface area contributed by atoms with E-state index in [0.717, 1.165) is 16.2 Å². The van der Waals surface area contributed by atoms with Crippen LogP contribution < -0.4 is 10.6 Å². The molecule has 0 radical (unpaired) electrons. The van der Waals surface area contributed by atoms with E-state index in [9.17, 15) is 14.4 Å². The number of hydrogen-bond donors (Lipinski definition) is 2. The van der Waals surface area contributed by atoms with E-state index in [1.807, 2.05) is 31.2 Å². The average molecular weight is 404 g/mol. The van der Waals surface area contributed by atoms with Gasteiger partial charge in [-0.3, -0.25) is 14.5 Å². The first-order valence-corrected chi connectivity index (χ1v) is 9.45. The second kappa shape index (κ2) is 8.16. The lowest BCUT2D eigenvalue weighted by Crippen LogP contribution is -2.32. The van der Waals surface area contributed by atoms with Gasteiger partial charge in [0.1, 0.15) is 12.7 Å². The summed E-state index contributed by atoms with van der Waals surface area (Å²) in [4.78, 5) is 41.6. The Morgan fingerprint density at radius 3 is 2.60 bits per heavy atom. The van der Waals surface area contributed by atoms with Crippen molar-refractivity contribution in [3.8, 4) is 5.69 Å². The Morgan fingerprint density at radius 2 is 1.93 bits per heavy atom. The van der Waals surface area contributed by atoms with Gasteiger partial charge in [0.2, 0.25) is 5.91 Å². The number of carbonyl (C=O) groups excluding carboxylic acids is 3. The van der Waals surface area contributed by atoms with Crippen molar-refractivity contribution in [3.63, 3.8) is 0 Å². The lowest BCUT2D eigenvalue weighted by Gasteiger charge is -2.18. The summed E-state index contributed by atoms with van der Waals surface area (Å²) in [6.07, 6.45) is 3.08. The van der Waals surface area contributed by atoms with Crippen LogP contribution in [0.3, 0.4) is 0 Å². The number of amides is 4. The van der Waals surface area contributed by atoms with Gasteiger partial charge in [-0.15, -0.1) is 0 Å². The maximum absolute atomic E-state index is 12.9. The molecule has 1 aliphatic rings. The van der Waals surface area contributed by atoms with Crippen LogP contribution >= 0.6 is 0 Å². The van der Waals surface area contributed by atoms with Gasteiger partial charge in [-0.05, 0) is 36.2 Å². The number of imide groups is 1. The number of urea groups is 1. The fourth-order valence-electron chi connectivity index (χ4n) is 3.28. The van der Waals surface area contributed by atoms with Crippen LogP contribution in [0.5, 0.6) is 0 Å². The molecule has 0 saturated carbocycles. The van der Waals surface area contributed by atoms with E-state index in [1.54, 1.807) is 35.3 Å². The van der Waals surface area contributed by atoms with E-state index in [2.05, 4.69) is 20.7 Å². The Bertz CT molecular complexity index is 1060. The Labute approximate surface area is 172 Å². The lowest BCUT2D eigenvalue weighted by molar-refractivity contribution is -0.125. The molecular formula is C21H20N6O3. The Hall–Kier alpha value is -4.01. The zero-order valence-corrected chi connectivity index (χ0v) is 16.3. The number of nitrogens with one attached hydrogen (secondary N) is 2. The Kier molecular flexibility index (Phi) is 5.25. The first-order valence-electron chi connectivity index (χ1n) is 9.45. The van der Waals surface area contributed by atoms with Gasteiger partial charge in [-0.2, -0.15) is 5.10 Å². The van der Waals surface area contributed by atoms with Crippen molar-refractivity contribution in [3.05, 3.63) is 77.9 Å². The van der Waals surface area contributed by atoms with Crippen molar-refractivity contribution in [2.45, 2.75) is 19.5 Å². The van der Waals surface area contributed by atoms with E-state index in [-0.39, 0.29) is 30.9 Å². The molecule has 4 rings (SSSR count). The highest BCUT2D eigenvalue weighted by molar-refractivity contribution is 6.02. The van der Waals surface area contributed by atoms with Gasteiger partial charge in [-0.1, -0.05) is 30.3 Å². The van der Waals surface area contributed by atoms with Crippen molar-refractivity contribution in [2.24, 2.45) is 0 Å². The van der Waals surface area contributed by atoms with Crippen molar-refractivity contribution in [2.75, 3.05) is 6.54 Å². The SMILES string of the molecule is C[C@@H](NC(=O)c1ccccc1CN1C(=O)CNC1=O)c1ccc(-n2cncn2)cc1. The number of rotatable bonds is 6. The minimum absolute atomic E-state index is 0.0190. The molecule has 1 atom stereocenters. The number of benzene rings is 2. The molecule has 30 heavy (non-hydrogen) atoms. The van der Waals surface area contributed by atoms with E-state index < -0.39 is 6.03 Å². The van der Waals surface area contributed by atoms with Gasteiger partial charge in [0.05, 0.1) is 24.8 Å². The number of carbonyl (C=O) groups is 3. The third-order valence-corrected chi connectivity index (χ3v) is 4.95. The summed E-state index contributed by atoms with van der Waals surface area (Å²) in [6, 6.07) is 13.9. The molecule has 0 bridgehead atoms. The van der Waals surface area contributed by atoms with Crippen molar-refractivity contribution < 1.29 is 14.4 Å². The first kappa shape index (κ1) is 19.3. The molecule has 4 amide bonds. The summed E-state index contributed by atoms with van der Waals surface area (Å²) in [5, 5.41) is 9.55. The Balaban J connectivity index is 1.47. The highest BCUT2D eigenvalue weighted by Crippen LogP contribution is 2.18. The molecule has 3 aromatic rings. The summed E-state index contributed by atoms with van der Waals surface area (Å²) in [6.45, 7) is 1.92. The molecule has 0 spiro atoms. The highest BCUT2D eigenvalue weighted by atomic mass is 16.2. The normalized spacial score (nSPS) is 14.5. The van der Waals surface area contributed by atoms with Gasteiger partial charge in [0.15, 0.2) is 0 Å². The molecular weight excluding hydrogens is 384 g/mol. The molecule has 9 heteroatoms. The number of nitrogens with zero attached hydrogens (tertiary/aromatic N) is 4. The summed E-state index contributed by atoms with van der Waals surface area (Å²) in [5.74, 6) is -0.582. The second-order valence-corrected chi connectivity index (χ2v) is 6.92. The summed E-state index contributed by atoms with van der Waals surface area (Å²) in [5.41, 5.74) is 2.83. The summed E-state index contributed by atoms with van der Waals surface area (Å²) >= 11 is 0. The maximum Gasteiger partial charge on any atom is 0.324 e. The van der Waals surface area contributed by atoms with E-state index in [1.165, 1.54) is 6.33 Å². The standard InChI is InChI=1S/C21H20N6O3/c1-14(15-6-8-17(9-7-15)27-13-22-12-24-27)25-20(29)18-5-3-2-4-16(18)11-26-19(28)10-23-21(26)30/h2-9,12-14H,10-11H2,1H3,(H,23,30)(H,25,29)/t14-/m1/s1. The van der Waals surface area contributed by atoms with Crippen LogP contribution in [0.2, 0.25) is 0 Å².